The van der Waals surface area contributed by atoms with Gasteiger partial charge in [0.05, 0.1) is 24.0 Å². The number of ether oxygens (including phenoxy) is 1. The van der Waals surface area contributed by atoms with Crippen molar-refractivity contribution in [1.82, 2.24) is 10.2 Å². The summed E-state index contributed by atoms with van der Waals surface area (Å²) in [7, 11) is 0. The molecule has 1 aliphatic carbocycles. The van der Waals surface area contributed by atoms with Crippen molar-refractivity contribution < 1.29 is 14.3 Å². The highest BCUT2D eigenvalue weighted by Crippen LogP contribution is 2.54. The molecule has 146 valence electrons. The van der Waals surface area contributed by atoms with E-state index in [0.29, 0.717) is 30.6 Å². The second-order valence-electron chi connectivity index (χ2n) is 8.73. The van der Waals surface area contributed by atoms with Crippen molar-refractivity contribution in [3.63, 3.8) is 0 Å². The van der Waals surface area contributed by atoms with E-state index in [2.05, 4.69) is 5.32 Å². The van der Waals surface area contributed by atoms with Crippen LogP contribution >= 0.6 is 11.8 Å². The van der Waals surface area contributed by atoms with Gasteiger partial charge in [0.1, 0.15) is 0 Å². The van der Waals surface area contributed by atoms with E-state index in [1.54, 1.807) is 11.8 Å². The Morgan fingerprint density at radius 3 is 2.85 bits per heavy atom. The fourth-order valence-electron chi connectivity index (χ4n) is 5.82. The second-order valence-corrected chi connectivity index (χ2v) is 9.60. The fourth-order valence-corrected chi connectivity index (χ4v) is 6.25. The van der Waals surface area contributed by atoms with Crippen LogP contribution in [0.3, 0.4) is 0 Å². The molecule has 26 heavy (non-hydrogen) atoms. The van der Waals surface area contributed by atoms with Crippen LogP contribution in [-0.4, -0.2) is 60.1 Å². The third-order valence-corrected chi connectivity index (χ3v) is 7.73. The summed E-state index contributed by atoms with van der Waals surface area (Å²) in [6.45, 7) is 2.27. The maximum atomic E-state index is 12.3. The topological polar surface area (TPSA) is 58.6 Å². The molecule has 0 aromatic heterocycles. The van der Waals surface area contributed by atoms with E-state index < -0.39 is 0 Å². The molecule has 1 spiro atoms. The van der Waals surface area contributed by atoms with Crippen molar-refractivity contribution in [3.8, 4) is 0 Å². The molecular formula is C20H32N2O3S. The quantitative estimate of drug-likeness (QED) is 0.737. The molecule has 0 aromatic carbocycles. The number of carbonyl (C=O) groups is 2. The zero-order chi connectivity index (χ0) is 18.1. The fraction of sp³-hybridized carbons (Fsp3) is 0.900. The number of likely N-dealkylation sites (tertiary alicyclic amines) is 1. The highest BCUT2D eigenvalue weighted by atomic mass is 32.2. The monoisotopic (exact) mass is 380 g/mol. The number of nitrogens with zero attached hydrogens (tertiary/aromatic N) is 1. The molecular weight excluding hydrogens is 348 g/mol. The SMILES string of the molecule is CSCC(=O)N1C[C@@H]2[C@H](CNC(=O)CCC3CCCC3)[C@H]3CC[C@]2(C1)O3. The molecule has 4 fully saturated rings. The zero-order valence-corrected chi connectivity index (χ0v) is 16.7. The van der Waals surface area contributed by atoms with Crippen LogP contribution < -0.4 is 5.32 Å². The van der Waals surface area contributed by atoms with E-state index >= 15 is 0 Å². The van der Waals surface area contributed by atoms with Gasteiger partial charge in [-0.2, -0.15) is 11.8 Å². The Morgan fingerprint density at radius 1 is 1.27 bits per heavy atom. The number of amides is 2. The molecule has 3 saturated heterocycles. The zero-order valence-electron chi connectivity index (χ0n) is 15.9. The third-order valence-electron chi connectivity index (χ3n) is 7.19. The molecule has 0 aromatic rings. The number of hydrogen-bond acceptors (Lipinski definition) is 4. The number of rotatable bonds is 7. The summed E-state index contributed by atoms with van der Waals surface area (Å²) in [5.74, 6) is 2.50. The van der Waals surface area contributed by atoms with E-state index in [1.165, 1.54) is 25.7 Å². The van der Waals surface area contributed by atoms with Gasteiger partial charge in [-0.1, -0.05) is 25.7 Å². The van der Waals surface area contributed by atoms with E-state index in [4.69, 9.17) is 4.74 Å². The van der Waals surface area contributed by atoms with Crippen LogP contribution in [0.4, 0.5) is 0 Å². The average Bonchev–Trinajstić information content (AvgIpc) is 3.38. The Kier molecular flexibility index (Phi) is 5.51. The Balaban J connectivity index is 1.28. The number of thioether (sulfide) groups is 1. The molecule has 4 aliphatic rings. The third kappa shape index (κ3) is 3.51. The van der Waals surface area contributed by atoms with Crippen LogP contribution in [0.1, 0.15) is 51.4 Å². The highest BCUT2D eigenvalue weighted by Gasteiger charge is 2.63. The normalized spacial score (nSPS) is 35.9. The Morgan fingerprint density at radius 2 is 2.08 bits per heavy atom. The van der Waals surface area contributed by atoms with Gasteiger partial charge < -0.3 is 15.0 Å². The van der Waals surface area contributed by atoms with E-state index in [9.17, 15) is 9.59 Å². The lowest BCUT2D eigenvalue weighted by molar-refractivity contribution is -0.129. The summed E-state index contributed by atoms with van der Waals surface area (Å²) in [6.07, 6.45) is 11.4. The van der Waals surface area contributed by atoms with Crippen LogP contribution in [0.15, 0.2) is 0 Å². The summed E-state index contributed by atoms with van der Waals surface area (Å²) < 4.78 is 6.38. The molecule has 1 saturated carbocycles. The van der Waals surface area contributed by atoms with Crippen molar-refractivity contribution in [2.75, 3.05) is 31.6 Å². The first-order valence-corrected chi connectivity index (χ1v) is 11.7. The number of hydrogen-bond donors (Lipinski definition) is 1. The molecule has 4 rings (SSSR count). The van der Waals surface area contributed by atoms with Crippen LogP contribution in [0.2, 0.25) is 0 Å². The smallest absolute Gasteiger partial charge is 0.232 e. The second kappa shape index (κ2) is 7.70. The summed E-state index contributed by atoms with van der Waals surface area (Å²) in [5, 5.41) is 3.19. The average molecular weight is 381 g/mol. The molecule has 3 aliphatic heterocycles. The van der Waals surface area contributed by atoms with Gasteiger partial charge in [0.15, 0.2) is 0 Å². The van der Waals surface area contributed by atoms with Gasteiger partial charge in [0.25, 0.3) is 0 Å². The van der Waals surface area contributed by atoms with Gasteiger partial charge in [-0.15, -0.1) is 0 Å². The molecule has 5 nitrogen and oxygen atoms in total. The van der Waals surface area contributed by atoms with Crippen molar-refractivity contribution in [2.45, 2.75) is 63.1 Å². The molecule has 2 amide bonds. The largest absolute Gasteiger partial charge is 0.369 e. The van der Waals surface area contributed by atoms with Crippen LogP contribution in [0, 0.1) is 17.8 Å². The van der Waals surface area contributed by atoms with E-state index in [0.717, 1.165) is 38.3 Å². The van der Waals surface area contributed by atoms with Crippen molar-refractivity contribution >= 4 is 23.6 Å². The van der Waals surface area contributed by atoms with Crippen molar-refractivity contribution in [2.24, 2.45) is 17.8 Å². The first-order chi connectivity index (χ1) is 12.6. The predicted molar refractivity (Wildman–Crippen MR) is 103 cm³/mol. The summed E-state index contributed by atoms with van der Waals surface area (Å²) in [4.78, 5) is 26.6. The Bertz CT molecular complexity index is 551. The number of nitrogens with one attached hydrogen (secondary N) is 1. The minimum atomic E-state index is -0.127. The molecule has 6 heteroatoms. The van der Waals surface area contributed by atoms with Crippen molar-refractivity contribution in [3.05, 3.63) is 0 Å². The lowest BCUT2D eigenvalue weighted by Crippen LogP contribution is -2.41. The minimum absolute atomic E-state index is 0.127. The molecule has 3 heterocycles. The molecule has 0 unspecified atom stereocenters. The Labute approximate surface area is 161 Å². The lowest BCUT2D eigenvalue weighted by atomic mass is 9.73. The van der Waals surface area contributed by atoms with Gasteiger partial charge in [0.2, 0.25) is 11.8 Å². The van der Waals surface area contributed by atoms with Gasteiger partial charge in [-0.25, -0.2) is 0 Å². The summed E-state index contributed by atoms with van der Waals surface area (Å²) in [5.41, 5.74) is -0.127. The first kappa shape index (κ1) is 18.6. The highest BCUT2D eigenvalue weighted by molar-refractivity contribution is 7.99. The molecule has 2 bridgehead atoms. The van der Waals surface area contributed by atoms with Gasteiger partial charge >= 0.3 is 0 Å². The maximum Gasteiger partial charge on any atom is 0.232 e. The van der Waals surface area contributed by atoms with Crippen LogP contribution in [0.25, 0.3) is 0 Å². The minimum Gasteiger partial charge on any atom is -0.369 e. The molecule has 1 N–H and O–H groups in total. The van der Waals surface area contributed by atoms with Crippen LogP contribution in [-0.2, 0) is 14.3 Å². The lowest BCUT2D eigenvalue weighted by Gasteiger charge is -2.29. The molecule has 4 atom stereocenters. The van der Waals surface area contributed by atoms with E-state index in [-0.39, 0.29) is 23.5 Å². The van der Waals surface area contributed by atoms with Gasteiger partial charge in [-0.05, 0) is 31.4 Å². The standard InChI is InChI=1S/C20H32N2O3S/c1-26-12-19(24)22-11-16-15(17-8-9-20(16,13-22)25-17)10-21-18(23)7-6-14-4-2-3-5-14/h14-17H,2-13H2,1H3,(H,21,23)/t15-,16+,17+,20+/m0/s1. The van der Waals surface area contributed by atoms with E-state index in [1.807, 2.05) is 11.2 Å². The van der Waals surface area contributed by atoms with Crippen LogP contribution in [0.5, 0.6) is 0 Å². The van der Waals surface area contributed by atoms with Gasteiger partial charge in [0, 0.05) is 31.3 Å². The Hall–Kier alpha value is -0.750. The predicted octanol–water partition coefficient (Wildman–Crippen LogP) is 2.44. The summed E-state index contributed by atoms with van der Waals surface area (Å²) in [6, 6.07) is 0. The number of fused-ring (bicyclic) bond motifs is 1. The van der Waals surface area contributed by atoms with Gasteiger partial charge in [-0.3, -0.25) is 9.59 Å². The first-order valence-electron chi connectivity index (χ1n) is 10.3. The molecule has 0 radical (unpaired) electrons. The maximum absolute atomic E-state index is 12.3. The summed E-state index contributed by atoms with van der Waals surface area (Å²) >= 11 is 1.58. The number of carbonyl (C=O) groups excluding carboxylic acids is 2. The van der Waals surface area contributed by atoms with Crippen molar-refractivity contribution in [1.29, 1.82) is 0 Å².